The lowest BCUT2D eigenvalue weighted by Crippen LogP contribution is -2.01. The molecule has 0 bridgehead atoms. The number of nitrogens with one attached hydrogen (secondary N) is 1. The molecule has 0 spiro atoms. The van der Waals surface area contributed by atoms with Gasteiger partial charge in [-0.05, 0) is 17.7 Å². The van der Waals surface area contributed by atoms with Crippen LogP contribution in [0, 0.1) is 0 Å². The number of fused-ring (bicyclic) bond motifs is 1. The van der Waals surface area contributed by atoms with Gasteiger partial charge in [0.1, 0.15) is 0 Å². The molecule has 22 heavy (non-hydrogen) atoms. The normalized spacial score (nSPS) is 10.9. The van der Waals surface area contributed by atoms with E-state index in [-0.39, 0.29) is 5.43 Å². The zero-order chi connectivity index (χ0) is 14.9. The molecular weight excluding hydrogens is 274 g/mol. The van der Waals surface area contributed by atoms with E-state index in [0.29, 0.717) is 11.0 Å². The summed E-state index contributed by atoms with van der Waals surface area (Å²) in [6.45, 7) is 0. The van der Waals surface area contributed by atoms with Crippen LogP contribution >= 0.6 is 0 Å². The van der Waals surface area contributed by atoms with Crippen molar-refractivity contribution in [3.63, 3.8) is 0 Å². The average Bonchev–Trinajstić information content (AvgIpc) is 3.01. The first-order chi connectivity index (χ1) is 10.8. The van der Waals surface area contributed by atoms with Crippen LogP contribution in [0.5, 0.6) is 0 Å². The van der Waals surface area contributed by atoms with Crippen molar-refractivity contribution in [2.45, 2.75) is 0 Å². The van der Waals surface area contributed by atoms with E-state index in [1.165, 1.54) is 0 Å². The Morgan fingerprint density at radius 1 is 0.909 bits per heavy atom. The van der Waals surface area contributed by atoms with Crippen molar-refractivity contribution in [2.24, 2.45) is 0 Å². The maximum atomic E-state index is 12.3. The summed E-state index contributed by atoms with van der Waals surface area (Å²) in [7, 11) is 0. The standard InChI is InChI=1S/C18H13N3O/c22-17-11-16(13-7-3-1-4-8-13)19-18-15(17)12-21(20-18)14-9-5-2-6-10-14/h1-12H,(H,19,20). The van der Waals surface area contributed by atoms with Gasteiger partial charge in [0.05, 0.1) is 16.8 Å². The van der Waals surface area contributed by atoms with Gasteiger partial charge in [0.2, 0.25) is 0 Å². The zero-order valence-electron chi connectivity index (χ0n) is 11.7. The van der Waals surface area contributed by atoms with E-state index >= 15 is 0 Å². The number of hydrogen-bond acceptors (Lipinski definition) is 2. The Kier molecular flexibility index (Phi) is 2.86. The minimum atomic E-state index is -0.0326. The molecule has 4 rings (SSSR count). The third-order valence-corrected chi connectivity index (χ3v) is 3.61. The van der Waals surface area contributed by atoms with Crippen LogP contribution < -0.4 is 5.43 Å². The molecule has 4 heteroatoms. The number of aromatic amines is 1. The lowest BCUT2D eigenvalue weighted by Gasteiger charge is -2.00. The highest BCUT2D eigenvalue weighted by Crippen LogP contribution is 2.18. The molecule has 0 atom stereocenters. The number of para-hydroxylation sites is 1. The van der Waals surface area contributed by atoms with Crippen molar-refractivity contribution in [2.75, 3.05) is 0 Å². The molecule has 4 nitrogen and oxygen atoms in total. The molecule has 0 aliphatic carbocycles. The Morgan fingerprint density at radius 2 is 1.59 bits per heavy atom. The van der Waals surface area contributed by atoms with Gasteiger partial charge in [-0.1, -0.05) is 48.5 Å². The largest absolute Gasteiger partial charge is 0.338 e. The Hall–Kier alpha value is -3.14. The first-order valence-electron chi connectivity index (χ1n) is 7.05. The molecule has 0 unspecified atom stereocenters. The molecule has 106 valence electrons. The van der Waals surface area contributed by atoms with Gasteiger partial charge in [0.15, 0.2) is 11.1 Å². The first-order valence-corrected chi connectivity index (χ1v) is 7.05. The maximum absolute atomic E-state index is 12.3. The van der Waals surface area contributed by atoms with Gasteiger partial charge in [-0.3, -0.25) is 4.79 Å². The van der Waals surface area contributed by atoms with Crippen LogP contribution in [0.3, 0.4) is 0 Å². The van der Waals surface area contributed by atoms with E-state index in [1.807, 2.05) is 60.7 Å². The number of rotatable bonds is 2. The van der Waals surface area contributed by atoms with E-state index in [0.717, 1.165) is 16.9 Å². The molecule has 0 saturated heterocycles. The molecule has 0 radical (unpaired) electrons. The van der Waals surface area contributed by atoms with E-state index in [2.05, 4.69) is 10.1 Å². The number of aromatic nitrogens is 3. The van der Waals surface area contributed by atoms with Crippen molar-refractivity contribution < 1.29 is 0 Å². The third-order valence-electron chi connectivity index (χ3n) is 3.61. The Balaban J connectivity index is 1.91. The molecule has 0 aliphatic heterocycles. The summed E-state index contributed by atoms with van der Waals surface area (Å²) in [6, 6.07) is 21.1. The van der Waals surface area contributed by atoms with Gasteiger partial charge >= 0.3 is 0 Å². The average molecular weight is 287 g/mol. The second kappa shape index (κ2) is 5.00. The van der Waals surface area contributed by atoms with Gasteiger partial charge in [0, 0.05) is 12.3 Å². The van der Waals surface area contributed by atoms with Crippen molar-refractivity contribution in [3.05, 3.63) is 83.2 Å². The van der Waals surface area contributed by atoms with Crippen molar-refractivity contribution in [1.82, 2.24) is 14.8 Å². The summed E-state index contributed by atoms with van der Waals surface area (Å²) in [6.07, 6.45) is 1.76. The number of nitrogens with zero attached hydrogens (tertiary/aromatic N) is 2. The predicted octanol–water partition coefficient (Wildman–Crippen LogP) is 3.38. The minimum Gasteiger partial charge on any atom is -0.338 e. The lowest BCUT2D eigenvalue weighted by molar-refractivity contribution is 0.890. The van der Waals surface area contributed by atoms with Crippen molar-refractivity contribution in [1.29, 1.82) is 0 Å². The Bertz CT molecular complexity index is 985. The number of hydrogen-bond donors (Lipinski definition) is 1. The van der Waals surface area contributed by atoms with Crippen LogP contribution in [0.1, 0.15) is 0 Å². The van der Waals surface area contributed by atoms with Gasteiger partial charge in [-0.25, -0.2) is 4.68 Å². The molecule has 0 saturated carbocycles. The fraction of sp³-hybridized carbons (Fsp3) is 0. The molecule has 0 amide bonds. The van der Waals surface area contributed by atoms with E-state index < -0.39 is 0 Å². The zero-order valence-corrected chi connectivity index (χ0v) is 11.7. The van der Waals surface area contributed by atoms with Gasteiger partial charge in [-0.2, -0.15) is 0 Å². The second-order valence-corrected chi connectivity index (χ2v) is 5.08. The molecule has 0 fully saturated rings. The number of benzene rings is 2. The lowest BCUT2D eigenvalue weighted by atomic mass is 10.1. The SMILES string of the molecule is O=c1cc(-c2ccccc2)[nH]c2nn(-c3ccccc3)cc12. The topological polar surface area (TPSA) is 50.7 Å². The summed E-state index contributed by atoms with van der Waals surface area (Å²) < 4.78 is 1.72. The molecule has 2 aromatic heterocycles. The van der Waals surface area contributed by atoms with Crippen molar-refractivity contribution in [3.8, 4) is 16.9 Å². The highest BCUT2D eigenvalue weighted by Gasteiger charge is 2.09. The highest BCUT2D eigenvalue weighted by molar-refractivity contribution is 5.78. The van der Waals surface area contributed by atoms with Crippen molar-refractivity contribution >= 4 is 11.0 Å². The van der Waals surface area contributed by atoms with E-state index in [4.69, 9.17) is 0 Å². The first kappa shape index (κ1) is 12.6. The quantitative estimate of drug-likeness (QED) is 0.614. The van der Waals surface area contributed by atoms with Crippen LogP contribution in [0.2, 0.25) is 0 Å². The monoisotopic (exact) mass is 287 g/mol. The third kappa shape index (κ3) is 2.11. The fourth-order valence-electron chi connectivity index (χ4n) is 2.51. The molecule has 2 heterocycles. The highest BCUT2D eigenvalue weighted by atomic mass is 16.1. The summed E-state index contributed by atoms with van der Waals surface area (Å²) in [4.78, 5) is 15.6. The molecule has 0 aliphatic rings. The number of H-pyrrole nitrogens is 1. The second-order valence-electron chi connectivity index (χ2n) is 5.08. The van der Waals surface area contributed by atoms with Crippen LogP contribution in [-0.2, 0) is 0 Å². The van der Waals surface area contributed by atoms with Gasteiger partial charge in [0.25, 0.3) is 0 Å². The van der Waals surface area contributed by atoms with Crippen LogP contribution in [0.4, 0.5) is 0 Å². The summed E-state index contributed by atoms with van der Waals surface area (Å²) in [5, 5.41) is 5.08. The summed E-state index contributed by atoms with van der Waals surface area (Å²) in [5.41, 5.74) is 3.23. The van der Waals surface area contributed by atoms with Crippen LogP contribution in [-0.4, -0.2) is 14.8 Å². The molecular formula is C18H13N3O. The Labute approximate surface area is 126 Å². The molecule has 4 aromatic rings. The molecule has 1 N–H and O–H groups in total. The van der Waals surface area contributed by atoms with E-state index in [1.54, 1.807) is 16.9 Å². The predicted molar refractivity (Wildman–Crippen MR) is 87.1 cm³/mol. The smallest absolute Gasteiger partial charge is 0.193 e. The molecule has 2 aromatic carbocycles. The minimum absolute atomic E-state index is 0.0326. The van der Waals surface area contributed by atoms with Crippen LogP contribution in [0.25, 0.3) is 28.0 Å². The van der Waals surface area contributed by atoms with E-state index in [9.17, 15) is 4.79 Å². The summed E-state index contributed by atoms with van der Waals surface area (Å²) in [5.74, 6) is 0. The van der Waals surface area contributed by atoms with Gasteiger partial charge < -0.3 is 4.98 Å². The van der Waals surface area contributed by atoms with Gasteiger partial charge in [-0.15, -0.1) is 5.10 Å². The number of pyridine rings is 1. The summed E-state index contributed by atoms with van der Waals surface area (Å²) >= 11 is 0. The van der Waals surface area contributed by atoms with Crippen LogP contribution in [0.15, 0.2) is 77.7 Å². The maximum Gasteiger partial charge on any atom is 0.193 e. The Morgan fingerprint density at radius 3 is 2.32 bits per heavy atom. The fourth-order valence-corrected chi connectivity index (χ4v) is 2.51.